The van der Waals surface area contributed by atoms with Crippen molar-refractivity contribution in [2.45, 2.75) is 6.10 Å². The van der Waals surface area contributed by atoms with Gasteiger partial charge >= 0.3 is 0 Å². The second-order valence-electron chi connectivity index (χ2n) is 4.01. The van der Waals surface area contributed by atoms with E-state index in [-0.39, 0.29) is 17.1 Å². The Hall–Kier alpha value is -2.19. The summed E-state index contributed by atoms with van der Waals surface area (Å²) in [5.74, 6) is -0.693. The molecule has 1 aromatic carbocycles. The smallest absolute Gasteiger partial charge is 0.296 e. The van der Waals surface area contributed by atoms with E-state index in [1.54, 1.807) is 0 Å². The number of benzene rings is 1. The van der Waals surface area contributed by atoms with Crippen LogP contribution >= 0.6 is 0 Å². The van der Waals surface area contributed by atoms with Gasteiger partial charge in [0.05, 0.1) is 17.6 Å². The van der Waals surface area contributed by atoms with Crippen LogP contribution in [0, 0.1) is 10.1 Å². The second kappa shape index (κ2) is 5.63. The Kier molecular flexibility index (Phi) is 3.93. The van der Waals surface area contributed by atoms with Crippen molar-refractivity contribution >= 4 is 17.3 Å². The molecule has 1 unspecified atom stereocenters. The average molecular weight is 267 g/mol. The van der Waals surface area contributed by atoms with Gasteiger partial charge in [-0.05, 0) is 12.1 Å². The number of aromatic hydroxyl groups is 1. The van der Waals surface area contributed by atoms with Crippen molar-refractivity contribution in [2.24, 2.45) is 0 Å². The lowest BCUT2D eigenvalue weighted by atomic mass is 10.2. The highest BCUT2D eigenvalue weighted by atomic mass is 16.6. The van der Waals surface area contributed by atoms with Crippen LogP contribution in [0.25, 0.3) is 0 Å². The minimum Gasteiger partial charge on any atom is -0.508 e. The fraction of sp³-hybridized carbons (Fsp3) is 0.364. The first-order chi connectivity index (χ1) is 9.08. The Balaban J connectivity index is 2.13. The number of nitro groups is 1. The Bertz CT molecular complexity index is 499. The summed E-state index contributed by atoms with van der Waals surface area (Å²) in [5.41, 5.74) is -0.334. The van der Waals surface area contributed by atoms with Gasteiger partial charge in [0.1, 0.15) is 17.5 Å². The standard InChI is InChI=1S/C11H13N3O5/c15-7-1-2-8(9(5-7)14(17)18)13-11(16)10-6-12-3-4-19-10/h1-2,5,10,12,15H,3-4,6H2,(H,13,16). The molecule has 0 radical (unpaired) electrons. The molecule has 1 saturated heterocycles. The number of nitrogens with zero attached hydrogens (tertiary/aromatic N) is 1. The van der Waals surface area contributed by atoms with E-state index in [0.29, 0.717) is 19.7 Å². The number of nitro benzene ring substituents is 1. The molecule has 8 nitrogen and oxygen atoms in total. The minimum atomic E-state index is -0.679. The van der Waals surface area contributed by atoms with Crippen molar-refractivity contribution in [2.75, 3.05) is 25.0 Å². The number of carbonyl (C=O) groups excluding carboxylic acids is 1. The van der Waals surface area contributed by atoms with Crippen molar-refractivity contribution in [3.8, 4) is 5.75 Å². The maximum absolute atomic E-state index is 11.9. The molecule has 1 atom stereocenters. The predicted octanol–water partition coefficient (Wildman–Crippen LogP) is 0.227. The number of rotatable bonds is 3. The van der Waals surface area contributed by atoms with Crippen molar-refractivity contribution < 1.29 is 19.6 Å². The van der Waals surface area contributed by atoms with E-state index in [1.165, 1.54) is 12.1 Å². The van der Waals surface area contributed by atoms with Gasteiger partial charge in [-0.1, -0.05) is 0 Å². The molecule has 1 aromatic rings. The molecule has 3 N–H and O–H groups in total. The second-order valence-corrected chi connectivity index (χ2v) is 4.01. The third kappa shape index (κ3) is 3.18. The topological polar surface area (TPSA) is 114 Å². The zero-order valence-corrected chi connectivity index (χ0v) is 9.96. The van der Waals surface area contributed by atoms with Crippen LogP contribution in [0.1, 0.15) is 0 Å². The molecule has 1 amide bonds. The van der Waals surface area contributed by atoms with Crippen molar-refractivity contribution in [1.82, 2.24) is 5.32 Å². The van der Waals surface area contributed by atoms with Gasteiger partial charge in [-0.25, -0.2) is 0 Å². The van der Waals surface area contributed by atoms with E-state index in [9.17, 15) is 20.0 Å². The van der Waals surface area contributed by atoms with Gasteiger partial charge in [0.2, 0.25) is 0 Å². The first kappa shape index (κ1) is 13.2. The maximum atomic E-state index is 11.9. The van der Waals surface area contributed by atoms with Crippen LogP contribution in [0.5, 0.6) is 5.75 Å². The first-order valence-electron chi connectivity index (χ1n) is 5.68. The molecule has 0 aromatic heterocycles. The van der Waals surface area contributed by atoms with Crippen LogP contribution in [-0.4, -0.2) is 41.7 Å². The Labute approximate surface area is 108 Å². The molecule has 0 spiro atoms. The lowest BCUT2D eigenvalue weighted by Crippen LogP contribution is -2.45. The fourth-order valence-corrected chi connectivity index (χ4v) is 1.72. The number of ether oxygens (including phenoxy) is 1. The molecule has 8 heteroatoms. The van der Waals surface area contributed by atoms with Gasteiger partial charge < -0.3 is 20.5 Å². The van der Waals surface area contributed by atoms with Crippen LogP contribution in [-0.2, 0) is 9.53 Å². The molecular weight excluding hydrogens is 254 g/mol. The zero-order chi connectivity index (χ0) is 13.8. The normalized spacial score (nSPS) is 18.8. The molecule has 1 aliphatic rings. The van der Waals surface area contributed by atoms with E-state index in [4.69, 9.17) is 4.74 Å². The van der Waals surface area contributed by atoms with Crippen LogP contribution in [0.3, 0.4) is 0 Å². The summed E-state index contributed by atoms with van der Waals surface area (Å²) in [4.78, 5) is 22.0. The molecule has 102 valence electrons. The molecule has 1 heterocycles. The van der Waals surface area contributed by atoms with Gasteiger partial charge in [-0.2, -0.15) is 0 Å². The summed E-state index contributed by atoms with van der Waals surface area (Å²) in [6.45, 7) is 1.44. The molecule has 1 aliphatic heterocycles. The van der Waals surface area contributed by atoms with Gasteiger partial charge in [0, 0.05) is 13.1 Å². The summed E-state index contributed by atoms with van der Waals surface area (Å²) in [6, 6.07) is 3.53. The quantitative estimate of drug-likeness (QED) is 0.410. The Morgan fingerprint density at radius 1 is 1.58 bits per heavy atom. The number of anilines is 1. The first-order valence-corrected chi connectivity index (χ1v) is 5.68. The molecule has 2 rings (SSSR count). The van der Waals surface area contributed by atoms with Crippen molar-refractivity contribution in [3.05, 3.63) is 28.3 Å². The number of hydrogen-bond donors (Lipinski definition) is 3. The van der Waals surface area contributed by atoms with Gasteiger partial charge in [-0.15, -0.1) is 0 Å². The highest BCUT2D eigenvalue weighted by Gasteiger charge is 2.24. The molecule has 1 fully saturated rings. The van der Waals surface area contributed by atoms with E-state index < -0.39 is 16.9 Å². The van der Waals surface area contributed by atoms with E-state index in [1.807, 2.05) is 0 Å². The molecule has 0 bridgehead atoms. The minimum absolute atomic E-state index is 0.0296. The average Bonchev–Trinajstić information content (AvgIpc) is 2.41. The van der Waals surface area contributed by atoms with E-state index in [2.05, 4.69) is 10.6 Å². The summed E-state index contributed by atoms with van der Waals surface area (Å²) < 4.78 is 5.24. The number of hydrogen-bond acceptors (Lipinski definition) is 6. The zero-order valence-electron chi connectivity index (χ0n) is 9.96. The van der Waals surface area contributed by atoms with Crippen molar-refractivity contribution in [1.29, 1.82) is 0 Å². The predicted molar refractivity (Wildman–Crippen MR) is 66.0 cm³/mol. The maximum Gasteiger partial charge on any atom is 0.296 e. The lowest BCUT2D eigenvalue weighted by Gasteiger charge is -2.22. The third-order valence-corrected chi connectivity index (χ3v) is 2.66. The summed E-state index contributed by atoms with van der Waals surface area (Å²) >= 11 is 0. The van der Waals surface area contributed by atoms with Crippen LogP contribution in [0.15, 0.2) is 18.2 Å². The van der Waals surface area contributed by atoms with Crippen LogP contribution < -0.4 is 10.6 Å². The Morgan fingerprint density at radius 2 is 2.37 bits per heavy atom. The number of morpholine rings is 1. The van der Waals surface area contributed by atoms with Gasteiger partial charge in [0.25, 0.3) is 11.6 Å². The molecular formula is C11H13N3O5. The van der Waals surface area contributed by atoms with Gasteiger partial charge in [-0.3, -0.25) is 14.9 Å². The number of phenolic OH excluding ortho intramolecular Hbond substituents is 1. The highest BCUT2D eigenvalue weighted by molar-refractivity contribution is 5.96. The number of phenols is 1. The largest absolute Gasteiger partial charge is 0.508 e. The van der Waals surface area contributed by atoms with E-state index >= 15 is 0 Å². The summed E-state index contributed by atoms with van der Waals surface area (Å²) in [5, 5.41) is 25.5. The lowest BCUT2D eigenvalue weighted by molar-refractivity contribution is -0.384. The summed E-state index contributed by atoms with van der Waals surface area (Å²) in [7, 11) is 0. The fourth-order valence-electron chi connectivity index (χ4n) is 1.72. The number of amides is 1. The van der Waals surface area contributed by atoms with Crippen LogP contribution in [0.2, 0.25) is 0 Å². The monoisotopic (exact) mass is 267 g/mol. The molecule has 19 heavy (non-hydrogen) atoms. The third-order valence-electron chi connectivity index (χ3n) is 2.66. The summed E-state index contributed by atoms with van der Waals surface area (Å²) in [6.07, 6.45) is -0.679. The number of carbonyl (C=O) groups is 1. The van der Waals surface area contributed by atoms with Crippen molar-refractivity contribution in [3.63, 3.8) is 0 Å². The van der Waals surface area contributed by atoms with Gasteiger partial charge in [0.15, 0.2) is 0 Å². The molecule has 0 saturated carbocycles. The Morgan fingerprint density at radius 3 is 3.00 bits per heavy atom. The highest BCUT2D eigenvalue weighted by Crippen LogP contribution is 2.28. The van der Waals surface area contributed by atoms with E-state index in [0.717, 1.165) is 6.07 Å². The van der Waals surface area contributed by atoms with Crippen LogP contribution in [0.4, 0.5) is 11.4 Å². The number of nitrogens with one attached hydrogen (secondary N) is 2. The molecule has 0 aliphatic carbocycles. The SMILES string of the molecule is O=C(Nc1ccc(O)cc1[N+](=O)[O-])C1CNCCO1.